The number of sulfonamides is 1. The smallest absolute Gasteiger partial charge is 0.266 e. The summed E-state index contributed by atoms with van der Waals surface area (Å²) < 4.78 is 33.2. The number of nitrogens with zero attached hydrogens (tertiary/aromatic N) is 3. The molecule has 0 spiro atoms. The van der Waals surface area contributed by atoms with E-state index < -0.39 is 10.0 Å². The fourth-order valence-corrected chi connectivity index (χ4v) is 2.89. The minimum atomic E-state index is -3.73. The first-order valence-electron chi connectivity index (χ1n) is 6.55. The second kappa shape index (κ2) is 5.64. The zero-order valence-corrected chi connectivity index (χ0v) is 12.6. The Labute approximate surface area is 127 Å². The molecule has 0 aliphatic heterocycles. The Balaban J connectivity index is 1.77. The van der Waals surface area contributed by atoms with E-state index in [1.165, 1.54) is 18.5 Å². The van der Waals surface area contributed by atoms with Crippen LogP contribution in [0.15, 0.2) is 58.2 Å². The maximum absolute atomic E-state index is 12.2. The molecule has 0 unspecified atom stereocenters. The molecular formula is C14H14N4O3S. The van der Waals surface area contributed by atoms with Crippen molar-refractivity contribution >= 4 is 15.8 Å². The highest BCUT2D eigenvalue weighted by Gasteiger charge is 2.18. The van der Waals surface area contributed by atoms with Crippen LogP contribution in [0, 0.1) is 6.92 Å². The van der Waals surface area contributed by atoms with E-state index in [0.29, 0.717) is 12.3 Å². The topological polar surface area (TPSA) is 90.0 Å². The van der Waals surface area contributed by atoms with Gasteiger partial charge in [-0.15, -0.1) is 0 Å². The molecule has 2 aromatic heterocycles. The second-order valence-electron chi connectivity index (χ2n) is 4.79. The molecule has 1 aromatic carbocycles. The molecular weight excluding hydrogens is 304 g/mol. The Kier molecular flexibility index (Phi) is 3.68. The lowest BCUT2D eigenvalue weighted by molar-refractivity contribution is 0.400. The van der Waals surface area contributed by atoms with Gasteiger partial charge >= 0.3 is 0 Å². The van der Waals surface area contributed by atoms with E-state index in [4.69, 9.17) is 4.52 Å². The first-order valence-corrected chi connectivity index (χ1v) is 8.04. The zero-order valence-electron chi connectivity index (χ0n) is 11.8. The molecule has 8 heteroatoms. The summed E-state index contributed by atoms with van der Waals surface area (Å²) in [7, 11) is -3.73. The number of aromatic nitrogens is 3. The molecule has 0 amide bonds. The monoisotopic (exact) mass is 318 g/mol. The molecule has 0 aliphatic rings. The predicted molar refractivity (Wildman–Crippen MR) is 79.8 cm³/mol. The van der Waals surface area contributed by atoms with E-state index in [-0.39, 0.29) is 10.7 Å². The van der Waals surface area contributed by atoms with Crippen LogP contribution in [0.2, 0.25) is 0 Å². The van der Waals surface area contributed by atoms with Gasteiger partial charge in [-0.3, -0.25) is 9.40 Å². The highest BCUT2D eigenvalue weighted by Crippen LogP contribution is 2.15. The quantitative estimate of drug-likeness (QED) is 0.777. The van der Waals surface area contributed by atoms with Gasteiger partial charge in [0.1, 0.15) is 10.7 Å². The third kappa shape index (κ3) is 3.17. The molecule has 114 valence electrons. The van der Waals surface area contributed by atoms with Crippen LogP contribution in [0.25, 0.3) is 0 Å². The Bertz CT molecular complexity index is 868. The maximum Gasteiger partial charge on any atom is 0.266 e. The van der Waals surface area contributed by atoms with Gasteiger partial charge in [-0.2, -0.15) is 5.10 Å². The standard InChI is InChI=1S/C14H14N4O3S/c1-11-7-14(16-21-11)17-22(19,20)13-8-15-18(10-13)9-12-5-3-2-4-6-12/h2-8,10H,9H2,1H3,(H,16,17). The van der Waals surface area contributed by atoms with Crippen molar-refractivity contribution in [2.75, 3.05) is 4.72 Å². The number of benzene rings is 1. The second-order valence-corrected chi connectivity index (χ2v) is 6.47. The van der Waals surface area contributed by atoms with Crippen molar-refractivity contribution in [3.63, 3.8) is 0 Å². The van der Waals surface area contributed by atoms with E-state index in [0.717, 1.165) is 5.56 Å². The summed E-state index contributed by atoms with van der Waals surface area (Å²) in [6.07, 6.45) is 2.78. The highest BCUT2D eigenvalue weighted by molar-refractivity contribution is 7.92. The molecule has 3 aromatic rings. The molecule has 2 heterocycles. The lowest BCUT2D eigenvalue weighted by Crippen LogP contribution is -2.12. The minimum Gasteiger partial charge on any atom is -0.360 e. The number of nitrogens with one attached hydrogen (secondary N) is 1. The van der Waals surface area contributed by atoms with Crippen LogP contribution in [-0.2, 0) is 16.6 Å². The lowest BCUT2D eigenvalue weighted by atomic mass is 10.2. The van der Waals surface area contributed by atoms with Gasteiger partial charge in [-0.1, -0.05) is 35.5 Å². The van der Waals surface area contributed by atoms with E-state index >= 15 is 0 Å². The molecule has 0 fully saturated rings. The van der Waals surface area contributed by atoms with Gasteiger partial charge in [-0.05, 0) is 12.5 Å². The van der Waals surface area contributed by atoms with Gasteiger partial charge in [0.15, 0.2) is 5.82 Å². The SMILES string of the molecule is Cc1cc(NS(=O)(=O)c2cnn(Cc3ccccc3)c2)no1. The van der Waals surface area contributed by atoms with Crippen LogP contribution >= 0.6 is 0 Å². The fraction of sp³-hybridized carbons (Fsp3) is 0.143. The van der Waals surface area contributed by atoms with Crippen molar-refractivity contribution in [3.05, 3.63) is 60.1 Å². The minimum absolute atomic E-state index is 0.0732. The number of hydrogen-bond donors (Lipinski definition) is 1. The molecule has 0 bridgehead atoms. The normalized spacial score (nSPS) is 11.5. The first kappa shape index (κ1) is 14.3. The van der Waals surface area contributed by atoms with Crippen LogP contribution in [0.1, 0.15) is 11.3 Å². The van der Waals surface area contributed by atoms with Crippen molar-refractivity contribution in [1.29, 1.82) is 0 Å². The lowest BCUT2D eigenvalue weighted by Gasteiger charge is -2.02. The molecule has 22 heavy (non-hydrogen) atoms. The van der Waals surface area contributed by atoms with Gasteiger partial charge in [0, 0.05) is 12.3 Å². The van der Waals surface area contributed by atoms with Crippen molar-refractivity contribution in [3.8, 4) is 0 Å². The Morgan fingerprint density at radius 1 is 1.27 bits per heavy atom. The third-order valence-corrected chi connectivity index (χ3v) is 4.28. The molecule has 0 saturated carbocycles. The summed E-state index contributed by atoms with van der Waals surface area (Å²) in [4.78, 5) is 0.0732. The van der Waals surface area contributed by atoms with Gasteiger partial charge < -0.3 is 4.52 Å². The van der Waals surface area contributed by atoms with Crippen LogP contribution in [-0.4, -0.2) is 23.4 Å². The highest BCUT2D eigenvalue weighted by atomic mass is 32.2. The van der Waals surface area contributed by atoms with Crippen molar-refractivity contribution < 1.29 is 12.9 Å². The maximum atomic E-state index is 12.2. The first-order chi connectivity index (χ1) is 10.5. The number of hydrogen-bond acceptors (Lipinski definition) is 5. The number of rotatable bonds is 5. The Morgan fingerprint density at radius 3 is 2.73 bits per heavy atom. The molecule has 0 aliphatic carbocycles. The third-order valence-electron chi connectivity index (χ3n) is 2.97. The van der Waals surface area contributed by atoms with E-state index in [9.17, 15) is 8.42 Å². The summed E-state index contributed by atoms with van der Waals surface area (Å²) in [5.74, 6) is 0.672. The zero-order chi connectivity index (χ0) is 15.6. The van der Waals surface area contributed by atoms with Crippen molar-refractivity contribution in [2.24, 2.45) is 0 Å². The average molecular weight is 318 g/mol. The van der Waals surface area contributed by atoms with Gasteiger partial charge in [0.05, 0.1) is 12.7 Å². The predicted octanol–water partition coefficient (Wildman–Crippen LogP) is 2.03. The largest absolute Gasteiger partial charge is 0.360 e. The molecule has 0 saturated heterocycles. The molecule has 1 N–H and O–H groups in total. The van der Waals surface area contributed by atoms with Crippen molar-refractivity contribution in [2.45, 2.75) is 18.4 Å². The van der Waals surface area contributed by atoms with E-state index in [1.54, 1.807) is 11.6 Å². The number of anilines is 1. The Morgan fingerprint density at radius 2 is 2.05 bits per heavy atom. The summed E-state index contributed by atoms with van der Waals surface area (Å²) in [5.41, 5.74) is 1.04. The Hall–Kier alpha value is -2.61. The molecule has 3 rings (SSSR count). The van der Waals surface area contributed by atoms with Crippen LogP contribution < -0.4 is 4.72 Å². The van der Waals surface area contributed by atoms with Gasteiger partial charge in [0.25, 0.3) is 10.0 Å². The summed E-state index contributed by atoms with van der Waals surface area (Å²) >= 11 is 0. The van der Waals surface area contributed by atoms with E-state index in [2.05, 4.69) is 15.0 Å². The number of aryl methyl sites for hydroxylation is 1. The van der Waals surface area contributed by atoms with Crippen LogP contribution in [0.4, 0.5) is 5.82 Å². The average Bonchev–Trinajstić information content (AvgIpc) is 3.09. The molecule has 0 atom stereocenters. The van der Waals surface area contributed by atoms with Crippen LogP contribution in [0.5, 0.6) is 0 Å². The molecule has 0 radical (unpaired) electrons. The fourth-order valence-electron chi connectivity index (χ4n) is 1.95. The van der Waals surface area contributed by atoms with Crippen LogP contribution in [0.3, 0.4) is 0 Å². The van der Waals surface area contributed by atoms with Gasteiger partial charge in [-0.25, -0.2) is 8.42 Å². The summed E-state index contributed by atoms with van der Waals surface area (Å²) in [6, 6.07) is 11.2. The van der Waals surface area contributed by atoms with Crippen molar-refractivity contribution in [1.82, 2.24) is 14.9 Å². The van der Waals surface area contributed by atoms with Gasteiger partial charge in [0.2, 0.25) is 0 Å². The molecule has 7 nitrogen and oxygen atoms in total. The van der Waals surface area contributed by atoms with E-state index in [1.807, 2.05) is 30.3 Å². The summed E-state index contributed by atoms with van der Waals surface area (Å²) in [5, 5.41) is 7.69. The summed E-state index contributed by atoms with van der Waals surface area (Å²) in [6.45, 7) is 2.18.